The van der Waals surface area contributed by atoms with E-state index in [-0.39, 0.29) is 0 Å². The molecule has 0 unspecified atom stereocenters. The lowest BCUT2D eigenvalue weighted by atomic mass is 10.0. The molecule has 0 radical (unpaired) electrons. The smallest absolute Gasteiger partial charge is 0.223 e. The monoisotopic (exact) mass is 292 g/mol. The van der Waals surface area contributed by atoms with Crippen LogP contribution < -0.4 is 0 Å². The Balaban J connectivity index is 2.44. The molecular weight excluding hydrogens is 279 g/mol. The third-order valence-corrected chi connectivity index (χ3v) is 4.86. The molecule has 0 bridgehead atoms. The van der Waals surface area contributed by atoms with Crippen molar-refractivity contribution in [1.29, 1.82) is 0 Å². The maximum absolute atomic E-state index is 14.0. The summed E-state index contributed by atoms with van der Waals surface area (Å²) in [5, 5.41) is 1.98. The Bertz CT molecular complexity index is 643. The number of Topliss-reactive ketones (excluding diaryl/α,β-unsaturated/α-hetero) is 1. The van der Waals surface area contributed by atoms with E-state index < -0.39 is 11.6 Å². The van der Waals surface area contributed by atoms with Gasteiger partial charge in [0.25, 0.3) is 0 Å². The van der Waals surface area contributed by atoms with E-state index in [1.165, 1.54) is 23.5 Å². The van der Waals surface area contributed by atoms with E-state index in [4.69, 9.17) is 0 Å². The zero-order chi connectivity index (χ0) is 13.8. The third-order valence-electron chi connectivity index (χ3n) is 2.76. The first-order valence-electron chi connectivity index (χ1n) is 5.68. The van der Waals surface area contributed by atoms with Crippen molar-refractivity contribution in [1.82, 2.24) is 0 Å². The zero-order valence-electron chi connectivity index (χ0n) is 10.6. The number of carbonyl (C=O) groups is 1. The second-order valence-electron chi connectivity index (χ2n) is 3.90. The highest BCUT2D eigenvalue weighted by Gasteiger charge is 2.16. The van der Waals surface area contributed by atoms with Crippen molar-refractivity contribution < 1.29 is 9.18 Å². The van der Waals surface area contributed by atoms with Gasteiger partial charge in [-0.2, -0.15) is 0 Å². The van der Waals surface area contributed by atoms with Gasteiger partial charge in [0.2, 0.25) is 5.78 Å². The van der Waals surface area contributed by atoms with Crippen LogP contribution in [0.4, 0.5) is 4.39 Å². The Morgan fingerprint density at radius 1 is 1.00 bits per heavy atom. The number of hydrogen-bond acceptors (Lipinski definition) is 3. The van der Waals surface area contributed by atoms with Crippen molar-refractivity contribution in [3.63, 3.8) is 0 Å². The molecule has 0 heterocycles. The normalized spacial score (nSPS) is 10.5. The number of ketones is 1. The lowest BCUT2D eigenvalue weighted by molar-refractivity contribution is 0.100. The molecule has 0 amide bonds. The van der Waals surface area contributed by atoms with E-state index in [9.17, 15) is 9.18 Å². The van der Waals surface area contributed by atoms with E-state index >= 15 is 0 Å². The molecule has 0 aliphatic heterocycles. The van der Waals surface area contributed by atoms with Gasteiger partial charge in [-0.1, -0.05) is 36.4 Å². The Kier molecular flexibility index (Phi) is 4.66. The first kappa shape index (κ1) is 14.2. The lowest BCUT2D eigenvalue weighted by Gasteiger charge is -2.04. The molecule has 0 N–H and O–H groups in total. The number of allylic oxidation sites excluding steroid dienone is 1. The summed E-state index contributed by atoms with van der Waals surface area (Å²) in [7, 11) is 0. The Morgan fingerprint density at radius 2 is 1.63 bits per heavy atom. The summed E-state index contributed by atoms with van der Waals surface area (Å²) in [5.74, 6) is -1.22. The van der Waals surface area contributed by atoms with Crippen LogP contribution in [0.1, 0.15) is 10.4 Å². The number of benzene rings is 2. The lowest BCUT2D eigenvalue weighted by Crippen LogP contribution is -2.01. The number of thioether (sulfide) groups is 2. The number of fused-ring (bicyclic) bond motifs is 1. The van der Waals surface area contributed by atoms with Crippen LogP contribution in [-0.4, -0.2) is 18.3 Å². The van der Waals surface area contributed by atoms with Crippen LogP contribution in [0.3, 0.4) is 0 Å². The van der Waals surface area contributed by atoms with Gasteiger partial charge in [-0.15, -0.1) is 23.5 Å². The molecular formula is C15H13FOS2. The summed E-state index contributed by atoms with van der Waals surface area (Å²) in [5.41, 5.74) is 0.386. The average molecular weight is 292 g/mol. The minimum Gasteiger partial charge on any atom is -0.286 e. The summed E-state index contributed by atoms with van der Waals surface area (Å²) in [6, 6.07) is 13.0. The minimum atomic E-state index is -0.671. The van der Waals surface area contributed by atoms with Crippen LogP contribution >= 0.6 is 23.5 Å². The molecule has 98 valence electrons. The van der Waals surface area contributed by atoms with Gasteiger partial charge in [-0.05, 0) is 29.4 Å². The highest BCUT2D eigenvalue weighted by Crippen LogP contribution is 2.30. The summed E-state index contributed by atoms with van der Waals surface area (Å²) in [6.45, 7) is 0. The number of rotatable bonds is 4. The molecule has 0 atom stereocenters. The van der Waals surface area contributed by atoms with Crippen molar-refractivity contribution in [2.45, 2.75) is 0 Å². The largest absolute Gasteiger partial charge is 0.286 e. The molecule has 19 heavy (non-hydrogen) atoms. The molecule has 0 aromatic heterocycles. The summed E-state index contributed by atoms with van der Waals surface area (Å²) in [6.07, 6.45) is 3.53. The van der Waals surface area contributed by atoms with Crippen LogP contribution in [0.25, 0.3) is 10.8 Å². The van der Waals surface area contributed by atoms with Crippen molar-refractivity contribution >= 4 is 40.1 Å². The molecule has 2 aromatic rings. The molecule has 0 aliphatic carbocycles. The minimum absolute atomic E-state index is 0.386. The fourth-order valence-electron chi connectivity index (χ4n) is 1.81. The highest BCUT2D eigenvalue weighted by molar-refractivity contribution is 8.21. The van der Waals surface area contributed by atoms with Crippen LogP contribution in [0.15, 0.2) is 52.5 Å². The van der Waals surface area contributed by atoms with Gasteiger partial charge in [0, 0.05) is 5.56 Å². The van der Waals surface area contributed by atoms with Crippen LogP contribution in [0.2, 0.25) is 0 Å². The number of halogens is 1. The predicted molar refractivity (Wildman–Crippen MR) is 83.4 cm³/mol. The summed E-state index contributed by atoms with van der Waals surface area (Å²) >= 11 is 2.50. The van der Waals surface area contributed by atoms with Gasteiger partial charge in [0.05, 0.1) is 4.24 Å². The van der Waals surface area contributed by atoms with Crippen LogP contribution in [0.5, 0.6) is 0 Å². The Labute approximate surface area is 120 Å². The second-order valence-corrected chi connectivity index (χ2v) is 5.79. The molecule has 2 aromatic carbocycles. The molecule has 0 saturated carbocycles. The van der Waals surface area contributed by atoms with Crippen molar-refractivity contribution in [2.75, 3.05) is 12.5 Å². The predicted octanol–water partition coefficient (Wildman–Crippen LogP) is 4.89. The van der Waals surface area contributed by atoms with Gasteiger partial charge < -0.3 is 0 Å². The van der Waals surface area contributed by atoms with E-state index in [2.05, 4.69) is 0 Å². The molecule has 0 aliphatic rings. The summed E-state index contributed by atoms with van der Waals surface area (Å²) < 4.78 is 14.5. The standard InChI is InChI=1S/C15H13FOS2/c1-18-15(19-2)13(16)14(17)12-8-7-10-5-3-4-6-11(10)9-12/h3-9H,1-2H3. The summed E-state index contributed by atoms with van der Waals surface area (Å²) in [4.78, 5) is 12.1. The quantitative estimate of drug-likeness (QED) is 0.590. The van der Waals surface area contributed by atoms with E-state index in [0.29, 0.717) is 9.80 Å². The first-order valence-corrected chi connectivity index (χ1v) is 8.13. The fraction of sp³-hybridized carbons (Fsp3) is 0.133. The Hall–Kier alpha value is -1.26. The van der Waals surface area contributed by atoms with E-state index in [1.54, 1.807) is 24.6 Å². The van der Waals surface area contributed by atoms with Gasteiger partial charge in [0.15, 0.2) is 5.83 Å². The zero-order valence-corrected chi connectivity index (χ0v) is 12.3. The van der Waals surface area contributed by atoms with Crippen molar-refractivity contribution in [3.05, 3.63) is 58.1 Å². The van der Waals surface area contributed by atoms with E-state index in [0.717, 1.165) is 10.8 Å². The number of hydrogen-bond donors (Lipinski definition) is 0. The highest BCUT2D eigenvalue weighted by atomic mass is 32.2. The van der Waals surface area contributed by atoms with Crippen LogP contribution in [-0.2, 0) is 0 Å². The molecule has 1 nitrogen and oxygen atoms in total. The first-order chi connectivity index (χ1) is 9.17. The molecule has 4 heteroatoms. The maximum Gasteiger partial charge on any atom is 0.223 e. The van der Waals surface area contributed by atoms with Gasteiger partial charge in [0.1, 0.15) is 0 Å². The average Bonchev–Trinajstić information content (AvgIpc) is 2.47. The van der Waals surface area contributed by atoms with Gasteiger partial charge >= 0.3 is 0 Å². The topological polar surface area (TPSA) is 17.1 Å². The number of carbonyl (C=O) groups excluding carboxylic acids is 1. The SMILES string of the molecule is CSC(SC)=C(F)C(=O)c1ccc2ccccc2c1. The third kappa shape index (κ3) is 3.01. The Morgan fingerprint density at radius 3 is 2.26 bits per heavy atom. The van der Waals surface area contributed by atoms with Crippen molar-refractivity contribution in [3.8, 4) is 0 Å². The fourth-order valence-corrected chi connectivity index (χ4v) is 3.02. The van der Waals surface area contributed by atoms with Gasteiger partial charge in [-0.25, -0.2) is 4.39 Å². The maximum atomic E-state index is 14.0. The molecule has 0 spiro atoms. The molecule has 0 fully saturated rings. The van der Waals surface area contributed by atoms with E-state index in [1.807, 2.05) is 30.3 Å². The van der Waals surface area contributed by atoms with Crippen molar-refractivity contribution in [2.24, 2.45) is 0 Å². The second kappa shape index (κ2) is 6.26. The van der Waals surface area contributed by atoms with Gasteiger partial charge in [-0.3, -0.25) is 4.79 Å². The van der Waals surface area contributed by atoms with Crippen LogP contribution in [0, 0.1) is 0 Å². The molecule has 0 saturated heterocycles. The molecule has 2 rings (SSSR count).